The number of nitrogens with zero attached hydrogens (tertiary/aromatic N) is 3. The molecular weight excluding hydrogens is 545 g/mol. The number of fused-ring (bicyclic) bond motifs is 4. The normalized spacial score (nSPS) is 12.3. The summed E-state index contributed by atoms with van der Waals surface area (Å²) in [5.74, 6) is 1.75. The average molecular weight is 576 g/mol. The zero-order chi connectivity index (χ0) is 30.5. The molecule has 0 aliphatic carbocycles. The van der Waals surface area contributed by atoms with Crippen molar-refractivity contribution in [2.24, 2.45) is 0 Å². The van der Waals surface area contributed by atoms with Gasteiger partial charge in [-0.25, -0.2) is 15.0 Å². The molecule has 5 aromatic carbocycles. The second-order valence-corrected chi connectivity index (χ2v) is 12.0. The summed E-state index contributed by atoms with van der Waals surface area (Å²) in [5, 5.41) is 14.6. The Labute approximate surface area is 256 Å². The third-order valence-electron chi connectivity index (χ3n) is 8.44. The first-order valence-electron chi connectivity index (χ1n) is 14.7. The number of rotatable bonds is 7. The minimum absolute atomic E-state index is 0.578. The zero-order valence-electron chi connectivity index (χ0n) is 25.1. The maximum atomic E-state index is 10.5. The van der Waals surface area contributed by atoms with Crippen molar-refractivity contribution in [3.63, 3.8) is 0 Å². The van der Waals surface area contributed by atoms with Gasteiger partial charge in [-0.1, -0.05) is 91.0 Å². The van der Waals surface area contributed by atoms with Crippen LogP contribution in [0.4, 0.5) is 0 Å². The van der Waals surface area contributed by atoms with E-state index < -0.39 is 11.2 Å². The molecule has 7 heteroatoms. The number of hydrogen-bond donors (Lipinski definition) is 1. The number of aromatic nitrogens is 3. The number of aliphatic hydroxyl groups is 1. The van der Waals surface area contributed by atoms with Crippen molar-refractivity contribution in [2.45, 2.75) is 38.9 Å². The summed E-state index contributed by atoms with van der Waals surface area (Å²) in [6.45, 7) is 7.25. The first-order valence-corrected chi connectivity index (χ1v) is 14.7. The lowest BCUT2D eigenvalue weighted by Gasteiger charge is -2.37. The number of para-hydroxylation sites is 1. The predicted octanol–water partition coefficient (Wildman–Crippen LogP) is 7.74. The van der Waals surface area contributed by atoms with Crippen LogP contribution >= 0.6 is 0 Å². The van der Waals surface area contributed by atoms with Crippen molar-refractivity contribution in [2.75, 3.05) is 0 Å². The van der Waals surface area contributed by atoms with Crippen LogP contribution in [0.5, 0.6) is 0 Å². The summed E-state index contributed by atoms with van der Waals surface area (Å²) in [6.07, 6.45) is 0. The van der Waals surface area contributed by atoms with Crippen molar-refractivity contribution in [3.8, 4) is 34.2 Å². The molecule has 44 heavy (non-hydrogen) atoms. The molecule has 0 aliphatic rings. The fraction of sp³-hybridized carbons (Fsp3) is 0.162. The second-order valence-electron chi connectivity index (χ2n) is 12.0. The van der Waals surface area contributed by atoms with Gasteiger partial charge in [0.25, 0.3) is 0 Å². The molecular formula is C37H31BN3O3. The second kappa shape index (κ2) is 10.7. The van der Waals surface area contributed by atoms with Crippen LogP contribution in [0.15, 0.2) is 114 Å². The Balaban J connectivity index is 1.36. The van der Waals surface area contributed by atoms with Crippen LogP contribution in [0, 0.1) is 0 Å². The van der Waals surface area contributed by atoms with Crippen LogP contribution in [0.2, 0.25) is 0 Å². The largest absolute Gasteiger partial charge is 0.456 e. The lowest BCUT2D eigenvalue weighted by molar-refractivity contribution is -0.0893. The van der Waals surface area contributed by atoms with Gasteiger partial charge < -0.3 is 14.2 Å². The van der Waals surface area contributed by atoms with Crippen molar-refractivity contribution >= 4 is 45.7 Å². The molecule has 0 aliphatic heterocycles. The summed E-state index contributed by atoms with van der Waals surface area (Å²) in [6, 6.07) is 36.2. The van der Waals surface area contributed by atoms with Gasteiger partial charge in [-0.05, 0) is 62.1 Å². The highest BCUT2D eigenvalue weighted by Crippen LogP contribution is 2.36. The first kappa shape index (κ1) is 28.0. The molecule has 0 unspecified atom stereocenters. The van der Waals surface area contributed by atoms with Gasteiger partial charge in [-0.2, -0.15) is 0 Å². The van der Waals surface area contributed by atoms with Crippen LogP contribution in [-0.2, 0) is 4.65 Å². The highest BCUT2D eigenvalue weighted by Gasteiger charge is 2.35. The van der Waals surface area contributed by atoms with Gasteiger partial charge in [-0.3, -0.25) is 0 Å². The molecule has 2 aromatic heterocycles. The molecule has 1 radical (unpaired) electrons. The monoisotopic (exact) mass is 576 g/mol. The standard InChI is InChI=1S/C37H31BN3O3/c1-36(2,42)37(3,4)44-38-29-17-10-14-24-22-25(20-21-26(24)29)34-39-33(23-12-6-5-7-13-23)40-35(41-34)28-16-11-19-31-32(28)27-15-8-9-18-30(27)43-31/h5-22,42H,1-4H3. The molecule has 6 nitrogen and oxygen atoms in total. The van der Waals surface area contributed by atoms with E-state index in [0.29, 0.717) is 17.5 Å². The van der Waals surface area contributed by atoms with E-state index in [1.165, 1.54) is 0 Å². The van der Waals surface area contributed by atoms with E-state index >= 15 is 0 Å². The number of benzene rings is 5. The highest BCUT2D eigenvalue weighted by molar-refractivity contribution is 6.51. The van der Waals surface area contributed by atoms with Gasteiger partial charge in [0.05, 0.1) is 11.2 Å². The third-order valence-corrected chi connectivity index (χ3v) is 8.44. The molecule has 0 spiro atoms. The predicted molar refractivity (Wildman–Crippen MR) is 178 cm³/mol. The Hall–Kier alpha value is -4.85. The van der Waals surface area contributed by atoms with Crippen LogP contribution in [0.3, 0.4) is 0 Å². The smallest absolute Gasteiger partial charge is 0.331 e. The molecule has 0 saturated carbocycles. The molecule has 1 N–H and O–H groups in total. The Bertz CT molecular complexity index is 2150. The number of furan rings is 1. The minimum atomic E-state index is -1.01. The van der Waals surface area contributed by atoms with Crippen LogP contribution in [0.25, 0.3) is 66.9 Å². The van der Waals surface area contributed by atoms with Gasteiger partial charge in [-0.15, -0.1) is 0 Å². The van der Waals surface area contributed by atoms with Gasteiger partial charge in [0, 0.05) is 27.5 Å². The molecule has 7 rings (SSSR count). The van der Waals surface area contributed by atoms with Crippen LogP contribution < -0.4 is 5.46 Å². The average Bonchev–Trinajstić information content (AvgIpc) is 3.42. The maximum Gasteiger partial charge on any atom is 0.331 e. The molecule has 215 valence electrons. The van der Waals surface area contributed by atoms with Crippen LogP contribution in [-0.4, -0.2) is 38.7 Å². The minimum Gasteiger partial charge on any atom is -0.456 e. The summed E-state index contributed by atoms with van der Waals surface area (Å²) in [7, 11) is 1.73. The summed E-state index contributed by atoms with van der Waals surface area (Å²) >= 11 is 0. The molecule has 0 fully saturated rings. The summed E-state index contributed by atoms with van der Waals surface area (Å²) in [4.78, 5) is 15.0. The SMILES string of the molecule is CC(C)(O)C(C)(C)O[B]c1cccc2cc(-c3nc(-c4ccccc4)nc(-c4cccc5oc6ccccc6c45)n3)ccc12. The van der Waals surface area contributed by atoms with E-state index in [1.54, 1.807) is 21.3 Å². The van der Waals surface area contributed by atoms with E-state index in [0.717, 1.165) is 54.9 Å². The highest BCUT2D eigenvalue weighted by atomic mass is 16.5. The fourth-order valence-corrected chi connectivity index (χ4v) is 5.21. The zero-order valence-corrected chi connectivity index (χ0v) is 25.1. The van der Waals surface area contributed by atoms with Crippen molar-refractivity contribution in [1.82, 2.24) is 15.0 Å². The summed E-state index contributed by atoms with van der Waals surface area (Å²) in [5.41, 5.74) is 3.42. The lowest BCUT2D eigenvalue weighted by atomic mass is 9.80. The van der Waals surface area contributed by atoms with Crippen LogP contribution in [0.1, 0.15) is 27.7 Å². The number of hydrogen-bond acceptors (Lipinski definition) is 6. The quantitative estimate of drug-likeness (QED) is 0.196. The van der Waals surface area contributed by atoms with E-state index in [4.69, 9.17) is 24.0 Å². The van der Waals surface area contributed by atoms with Crippen molar-refractivity contribution in [1.29, 1.82) is 0 Å². The molecule has 0 amide bonds. The Kier molecular flexibility index (Phi) is 6.80. The van der Waals surface area contributed by atoms with Crippen molar-refractivity contribution in [3.05, 3.63) is 109 Å². The van der Waals surface area contributed by atoms with Crippen molar-refractivity contribution < 1.29 is 14.2 Å². The Morgan fingerprint density at radius 3 is 2.11 bits per heavy atom. The molecule has 7 aromatic rings. The van der Waals surface area contributed by atoms with Gasteiger partial charge >= 0.3 is 7.48 Å². The Morgan fingerprint density at radius 1 is 0.636 bits per heavy atom. The third kappa shape index (κ3) is 5.04. The lowest BCUT2D eigenvalue weighted by Crippen LogP contribution is -2.49. The topological polar surface area (TPSA) is 81.3 Å². The van der Waals surface area contributed by atoms with Gasteiger partial charge in [0.2, 0.25) is 0 Å². The van der Waals surface area contributed by atoms with E-state index in [1.807, 2.05) is 98.8 Å². The molecule has 0 bridgehead atoms. The van der Waals surface area contributed by atoms with E-state index in [-0.39, 0.29) is 0 Å². The van der Waals surface area contributed by atoms with E-state index in [2.05, 4.69) is 24.3 Å². The van der Waals surface area contributed by atoms with Gasteiger partial charge in [0.1, 0.15) is 11.2 Å². The fourth-order valence-electron chi connectivity index (χ4n) is 5.21. The molecule has 0 saturated heterocycles. The van der Waals surface area contributed by atoms with E-state index in [9.17, 15) is 5.11 Å². The molecule has 2 heterocycles. The molecule has 0 atom stereocenters. The Morgan fingerprint density at radius 2 is 1.32 bits per heavy atom. The maximum absolute atomic E-state index is 10.5. The summed E-state index contributed by atoms with van der Waals surface area (Å²) < 4.78 is 12.2. The first-order chi connectivity index (χ1) is 21.2. The van der Waals surface area contributed by atoms with Gasteiger partial charge in [0.15, 0.2) is 17.5 Å².